The van der Waals surface area contributed by atoms with Crippen LogP contribution >= 0.6 is 0 Å². The van der Waals surface area contributed by atoms with E-state index >= 15 is 0 Å². The van der Waals surface area contributed by atoms with Crippen LogP contribution in [0.15, 0.2) is 30.3 Å². The lowest BCUT2D eigenvalue weighted by atomic mass is 9.60. The maximum absolute atomic E-state index is 12.6. The summed E-state index contributed by atoms with van der Waals surface area (Å²) in [6, 6.07) is 10.4. The first-order chi connectivity index (χ1) is 8.31. The lowest BCUT2D eigenvalue weighted by Crippen LogP contribution is -2.43. The van der Waals surface area contributed by atoms with Crippen molar-refractivity contribution in [2.75, 3.05) is 0 Å². The van der Waals surface area contributed by atoms with E-state index in [0.29, 0.717) is 11.7 Å². The highest BCUT2D eigenvalue weighted by Crippen LogP contribution is 2.46. The van der Waals surface area contributed by atoms with Gasteiger partial charge in [0.25, 0.3) is 0 Å². The van der Waals surface area contributed by atoms with Crippen LogP contribution < -0.4 is 0 Å². The number of carbonyl (C=O) groups excluding carboxylic acids is 1. The molecule has 0 heterocycles. The van der Waals surface area contributed by atoms with Crippen molar-refractivity contribution in [3.63, 3.8) is 0 Å². The minimum absolute atomic E-state index is 0.100. The molecule has 0 atom stereocenters. The molecule has 0 spiro atoms. The van der Waals surface area contributed by atoms with Crippen molar-refractivity contribution in [3.8, 4) is 0 Å². The topological polar surface area (TPSA) is 17.1 Å². The Labute approximate surface area is 103 Å². The third kappa shape index (κ3) is 1.82. The highest BCUT2D eigenvalue weighted by atomic mass is 16.1. The van der Waals surface area contributed by atoms with Crippen molar-refractivity contribution >= 4 is 5.78 Å². The molecule has 0 bridgehead atoms. The van der Waals surface area contributed by atoms with Crippen LogP contribution in [0.4, 0.5) is 0 Å². The van der Waals surface area contributed by atoms with Crippen molar-refractivity contribution in [1.82, 2.24) is 0 Å². The van der Waals surface area contributed by atoms with Gasteiger partial charge in [0.15, 0.2) is 0 Å². The van der Waals surface area contributed by atoms with Crippen molar-refractivity contribution < 1.29 is 4.79 Å². The van der Waals surface area contributed by atoms with E-state index in [1.165, 1.54) is 31.2 Å². The monoisotopic (exact) mass is 228 g/mol. The molecule has 2 saturated carbocycles. The van der Waals surface area contributed by atoms with Crippen molar-refractivity contribution in [1.29, 1.82) is 0 Å². The van der Waals surface area contributed by atoms with E-state index in [9.17, 15) is 4.79 Å². The first kappa shape index (κ1) is 11.0. The molecular weight excluding hydrogens is 208 g/mol. The molecule has 0 N–H and O–H groups in total. The molecular formula is C16H20O. The molecule has 17 heavy (non-hydrogen) atoms. The predicted octanol–water partition coefficient (Wildman–Crippen LogP) is 3.87. The summed E-state index contributed by atoms with van der Waals surface area (Å²) in [5.74, 6) is 1.21. The highest BCUT2D eigenvalue weighted by Gasteiger charge is 2.45. The van der Waals surface area contributed by atoms with Crippen LogP contribution in [0.2, 0.25) is 0 Å². The third-order valence-electron chi connectivity index (χ3n) is 4.77. The molecule has 0 saturated heterocycles. The minimum atomic E-state index is -0.100. The van der Waals surface area contributed by atoms with Gasteiger partial charge in [0.05, 0.1) is 5.41 Å². The number of hydrogen-bond donors (Lipinski definition) is 0. The molecule has 0 unspecified atom stereocenters. The van der Waals surface area contributed by atoms with Gasteiger partial charge < -0.3 is 0 Å². The molecule has 1 aromatic rings. The third-order valence-corrected chi connectivity index (χ3v) is 4.77. The van der Waals surface area contributed by atoms with Crippen molar-refractivity contribution in [2.24, 2.45) is 5.92 Å². The van der Waals surface area contributed by atoms with Crippen LogP contribution in [0.25, 0.3) is 0 Å². The SMILES string of the molecule is O=C(CC1CCC1)C1(c2ccccc2)CCC1. The second-order valence-electron chi connectivity index (χ2n) is 5.73. The van der Waals surface area contributed by atoms with Crippen LogP contribution in [0.3, 0.4) is 0 Å². The lowest BCUT2D eigenvalue weighted by Gasteiger charge is -2.42. The number of Topliss-reactive ketones (excluding diaryl/α,β-unsaturated/α-hetero) is 1. The van der Waals surface area contributed by atoms with E-state index in [-0.39, 0.29) is 5.41 Å². The number of rotatable bonds is 4. The summed E-state index contributed by atoms with van der Waals surface area (Å²) >= 11 is 0. The fraction of sp³-hybridized carbons (Fsp3) is 0.562. The van der Waals surface area contributed by atoms with Crippen LogP contribution in [-0.2, 0) is 10.2 Å². The summed E-state index contributed by atoms with van der Waals surface area (Å²) in [6.45, 7) is 0. The van der Waals surface area contributed by atoms with Crippen LogP contribution in [-0.4, -0.2) is 5.78 Å². The molecule has 1 heteroatoms. The smallest absolute Gasteiger partial charge is 0.143 e. The number of carbonyl (C=O) groups is 1. The Morgan fingerprint density at radius 2 is 1.82 bits per heavy atom. The predicted molar refractivity (Wildman–Crippen MR) is 68.9 cm³/mol. The van der Waals surface area contributed by atoms with Crippen LogP contribution in [0.5, 0.6) is 0 Å². The Kier molecular flexibility index (Phi) is 2.78. The van der Waals surface area contributed by atoms with Gasteiger partial charge in [-0.25, -0.2) is 0 Å². The Hall–Kier alpha value is -1.11. The van der Waals surface area contributed by atoms with Gasteiger partial charge in [-0.15, -0.1) is 0 Å². The van der Waals surface area contributed by atoms with E-state index in [1.807, 2.05) is 6.07 Å². The standard InChI is InChI=1S/C16H20O/c17-15(12-13-6-4-7-13)16(10-5-11-16)14-8-2-1-3-9-14/h1-3,8-9,13H,4-7,10-12H2. The van der Waals surface area contributed by atoms with Gasteiger partial charge in [-0.1, -0.05) is 56.0 Å². The molecule has 0 radical (unpaired) electrons. The molecule has 2 fully saturated rings. The second kappa shape index (κ2) is 4.29. The first-order valence-electron chi connectivity index (χ1n) is 6.90. The average molecular weight is 228 g/mol. The van der Waals surface area contributed by atoms with Gasteiger partial charge >= 0.3 is 0 Å². The zero-order chi connectivity index (χ0) is 11.7. The molecule has 2 aliphatic carbocycles. The molecule has 1 nitrogen and oxygen atoms in total. The summed E-state index contributed by atoms with van der Waals surface area (Å²) in [4.78, 5) is 12.6. The van der Waals surface area contributed by atoms with Crippen molar-refractivity contribution in [2.45, 2.75) is 50.4 Å². The molecule has 0 amide bonds. The quantitative estimate of drug-likeness (QED) is 0.764. The van der Waals surface area contributed by atoms with Gasteiger partial charge in [-0.2, -0.15) is 0 Å². The summed E-state index contributed by atoms with van der Waals surface area (Å²) in [5, 5.41) is 0. The first-order valence-corrected chi connectivity index (χ1v) is 6.90. The summed E-state index contributed by atoms with van der Waals surface area (Å²) in [6.07, 6.45) is 8.06. The van der Waals surface area contributed by atoms with Gasteiger partial charge in [0.1, 0.15) is 5.78 Å². The number of ketones is 1. The Morgan fingerprint density at radius 3 is 2.29 bits per heavy atom. The molecule has 90 valence electrons. The number of hydrogen-bond acceptors (Lipinski definition) is 1. The second-order valence-corrected chi connectivity index (χ2v) is 5.73. The van der Waals surface area contributed by atoms with Gasteiger partial charge in [-0.05, 0) is 24.3 Å². The summed E-state index contributed by atoms with van der Waals surface area (Å²) in [5.41, 5.74) is 1.16. The largest absolute Gasteiger partial charge is 0.299 e. The minimum Gasteiger partial charge on any atom is -0.299 e. The van der Waals surface area contributed by atoms with Crippen LogP contribution in [0, 0.1) is 5.92 Å². The molecule has 0 aromatic heterocycles. The summed E-state index contributed by atoms with van der Waals surface area (Å²) in [7, 11) is 0. The van der Waals surface area contributed by atoms with Gasteiger partial charge in [-0.3, -0.25) is 4.79 Å². The summed E-state index contributed by atoms with van der Waals surface area (Å²) < 4.78 is 0. The maximum atomic E-state index is 12.6. The molecule has 2 aliphatic rings. The van der Waals surface area contributed by atoms with E-state index in [1.54, 1.807) is 0 Å². The van der Waals surface area contributed by atoms with Gasteiger partial charge in [0, 0.05) is 6.42 Å². The van der Waals surface area contributed by atoms with E-state index in [2.05, 4.69) is 24.3 Å². The Bertz CT molecular complexity index is 399. The highest BCUT2D eigenvalue weighted by molar-refractivity contribution is 5.91. The van der Waals surface area contributed by atoms with Crippen molar-refractivity contribution in [3.05, 3.63) is 35.9 Å². The average Bonchev–Trinajstić information content (AvgIpc) is 2.24. The van der Waals surface area contributed by atoms with E-state index < -0.39 is 0 Å². The van der Waals surface area contributed by atoms with Gasteiger partial charge in [0.2, 0.25) is 0 Å². The van der Waals surface area contributed by atoms with Crippen LogP contribution in [0.1, 0.15) is 50.5 Å². The van der Waals surface area contributed by atoms with E-state index in [0.717, 1.165) is 19.3 Å². The Morgan fingerprint density at radius 1 is 1.12 bits per heavy atom. The fourth-order valence-corrected chi connectivity index (χ4v) is 3.17. The fourth-order valence-electron chi connectivity index (χ4n) is 3.17. The van der Waals surface area contributed by atoms with E-state index in [4.69, 9.17) is 0 Å². The molecule has 1 aromatic carbocycles. The zero-order valence-corrected chi connectivity index (χ0v) is 10.3. The Balaban J connectivity index is 1.79. The maximum Gasteiger partial charge on any atom is 0.143 e. The normalized spacial score (nSPS) is 22.6. The molecule has 3 rings (SSSR count). The number of benzene rings is 1. The zero-order valence-electron chi connectivity index (χ0n) is 10.3. The lowest BCUT2D eigenvalue weighted by molar-refractivity contribution is -0.129. The molecule has 0 aliphatic heterocycles.